The Balaban J connectivity index is 1.92. The van der Waals surface area contributed by atoms with Crippen LogP contribution in [0.2, 0.25) is 5.02 Å². The number of pyridine rings is 1. The van der Waals surface area contributed by atoms with Crippen LogP contribution in [0, 0.1) is 13.8 Å². The summed E-state index contributed by atoms with van der Waals surface area (Å²) in [5, 5.41) is 3.23. The highest BCUT2D eigenvalue weighted by molar-refractivity contribution is 6.34. The number of carbonyl (C=O) groups excluding carboxylic acids is 1. The summed E-state index contributed by atoms with van der Waals surface area (Å²) in [6.07, 6.45) is 0. The van der Waals surface area contributed by atoms with Gasteiger partial charge in [0.05, 0.1) is 16.4 Å². The Morgan fingerprint density at radius 1 is 0.906 bits per heavy atom. The summed E-state index contributed by atoms with van der Waals surface area (Å²) in [5.74, 6) is -0.485. The lowest BCUT2D eigenvalue weighted by atomic mass is 10.0. The minimum Gasteiger partial charge on any atom is -0.340 e. The highest BCUT2D eigenvalue weighted by Crippen LogP contribution is 2.27. The second-order valence-electron chi connectivity index (χ2n) is 7.75. The Bertz CT molecular complexity index is 1340. The number of hydrogen-bond donors (Lipinski definition) is 1. The Kier molecular flexibility index (Phi) is 6.24. The van der Waals surface area contributed by atoms with Gasteiger partial charge in [-0.1, -0.05) is 77.8 Å². The van der Waals surface area contributed by atoms with Crippen LogP contribution in [0.3, 0.4) is 0 Å². The molecular formula is C27H23ClN2O2. The number of aryl methyl sites for hydroxylation is 2. The molecule has 0 saturated carbocycles. The Labute approximate surface area is 192 Å². The maximum atomic E-state index is 13.4. The van der Waals surface area contributed by atoms with E-state index in [1.54, 1.807) is 24.3 Å². The molecule has 32 heavy (non-hydrogen) atoms. The number of anilines is 1. The molecule has 160 valence electrons. The van der Waals surface area contributed by atoms with Crippen molar-refractivity contribution >= 4 is 23.2 Å². The number of aromatic nitrogens is 1. The number of hydrogen-bond acceptors (Lipinski definition) is 2. The summed E-state index contributed by atoms with van der Waals surface area (Å²) in [6, 6.07) is 26.3. The smallest absolute Gasteiger partial charge is 0.261 e. The molecule has 4 nitrogen and oxygen atoms in total. The fourth-order valence-electron chi connectivity index (χ4n) is 3.80. The fourth-order valence-corrected chi connectivity index (χ4v) is 3.98. The molecule has 0 bridgehead atoms. The van der Waals surface area contributed by atoms with Gasteiger partial charge >= 0.3 is 0 Å². The van der Waals surface area contributed by atoms with E-state index in [1.165, 1.54) is 6.07 Å². The van der Waals surface area contributed by atoms with E-state index < -0.39 is 5.91 Å². The molecule has 0 aliphatic carbocycles. The molecule has 0 fully saturated rings. The molecule has 0 atom stereocenters. The topological polar surface area (TPSA) is 51.1 Å². The van der Waals surface area contributed by atoms with Crippen LogP contribution in [-0.4, -0.2) is 10.5 Å². The lowest BCUT2D eigenvalue weighted by molar-refractivity contribution is 0.102. The SMILES string of the molecule is Cc1cccc(-c2c(C(=O)Nc3ccccc3Cl)c(=O)cc(C)n2Cc2ccccc2)c1. The number of carbonyl (C=O) groups is 1. The largest absolute Gasteiger partial charge is 0.340 e. The van der Waals surface area contributed by atoms with Gasteiger partial charge in [0, 0.05) is 18.3 Å². The zero-order chi connectivity index (χ0) is 22.7. The van der Waals surface area contributed by atoms with Crippen molar-refractivity contribution in [3.05, 3.63) is 123 Å². The van der Waals surface area contributed by atoms with Gasteiger partial charge in [0.25, 0.3) is 5.91 Å². The first-order valence-corrected chi connectivity index (χ1v) is 10.7. The summed E-state index contributed by atoms with van der Waals surface area (Å²) in [4.78, 5) is 26.5. The maximum absolute atomic E-state index is 13.4. The Morgan fingerprint density at radius 2 is 1.62 bits per heavy atom. The molecule has 0 saturated heterocycles. The summed E-state index contributed by atoms with van der Waals surface area (Å²) < 4.78 is 2.02. The second kappa shape index (κ2) is 9.25. The van der Waals surface area contributed by atoms with Crippen molar-refractivity contribution in [2.24, 2.45) is 0 Å². The third-order valence-electron chi connectivity index (χ3n) is 5.34. The van der Waals surface area contributed by atoms with Crippen LogP contribution >= 0.6 is 11.6 Å². The van der Waals surface area contributed by atoms with Crippen LogP contribution < -0.4 is 10.7 Å². The number of rotatable bonds is 5. The van der Waals surface area contributed by atoms with Crippen LogP contribution in [-0.2, 0) is 6.54 Å². The summed E-state index contributed by atoms with van der Waals surface area (Å²) in [6.45, 7) is 4.41. The third kappa shape index (κ3) is 4.51. The molecule has 4 rings (SSSR count). The maximum Gasteiger partial charge on any atom is 0.261 e. The van der Waals surface area contributed by atoms with Gasteiger partial charge in [0.15, 0.2) is 5.43 Å². The summed E-state index contributed by atoms with van der Waals surface area (Å²) >= 11 is 6.24. The second-order valence-corrected chi connectivity index (χ2v) is 8.16. The Hall–Kier alpha value is -3.63. The van der Waals surface area contributed by atoms with E-state index >= 15 is 0 Å². The highest BCUT2D eigenvalue weighted by Gasteiger charge is 2.22. The van der Waals surface area contributed by atoms with Gasteiger partial charge < -0.3 is 9.88 Å². The van der Waals surface area contributed by atoms with Crippen molar-refractivity contribution < 1.29 is 4.79 Å². The minimum absolute atomic E-state index is 0.0945. The molecule has 0 aliphatic heterocycles. The molecule has 1 aromatic heterocycles. The van der Waals surface area contributed by atoms with Crippen molar-refractivity contribution in [1.82, 2.24) is 4.57 Å². The number of nitrogens with zero attached hydrogens (tertiary/aromatic N) is 1. The third-order valence-corrected chi connectivity index (χ3v) is 5.67. The lowest BCUT2D eigenvalue weighted by Crippen LogP contribution is -2.27. The predicted octanol–water partition coefficient (Wildman–Crippen LogP) is 6.09. The van der Waals surface area contributed by atoms with Gasteiger partial charge in [-0.2, -0.15) is 0 Å². The van der Waals surface area contributed by atoms with E-state index in [1.807, 2.05) is 73.0 Å². The Morgan fingerprint density at radius 3 is 2.34 bits per heavy atom. The number of para-hydroxylation sites is 1. The first-order valence-electron chi connectivity index (χ1n) is 10.4. The van der Waals surface area contributed by atoms with E-state index in [9.17, 15) is 9.59 Å². The van der Waals surface area contributed by atoms with Crippen molar-refractivity contribution in [3.63, 3.8) is 0 Å². The van der Waals surface area contributed by atoms with Crippen LogP contribution in [0.15, 0.2) is 89.7 Å². The highest BCUT2D eigenvalue weighted by atomic mass is 35.5. The van der Waals surface area contributed by atoms with Crippen LogP contribution in [0.4, 0.5) is 5.69 Å². The summed E-state index contributed by atoms with van der Waals surface area (Å²) in [5.41, 5.74) is 4.53. The van der Waals surface area contributed by atoms with Crippen LogP contribution in [0.25, 0.3) is 11.3 Å². The molecular weight excluding hydrogens is 420 g/mol. The molecule has 4 aromatic rings. The van der Waals surface area contributed by atoms with Gasteiger partial charge in [-0.05, 0) is 43.2 Å². The van der Waals surface area contributed by atoms with E-state index in [0.29, 0.717) is 22.9 Å². The number of amides is 1. The lowest BCUT2D eigenvalue weighted by Gasteiger charge is -2.21. The van der Waals surface area contributed by atoms with E-state index in [-0.39, 0.29) is 11.0 Å². The van der Waals surface area contributed by atoms with Gasteiger partial charge in [-0.15, -0.1) is 0 Å². The molecule has 0 spiro atoms. The van der Waals surface area contributed by atoms with Gasteiger partial charge in [-0.3, -0.25) is 9.59 Å². The molecule has 5 heteroatoms. The van der Waals surface area contributed by atoms with Crippen molar-refractivity contribution in [2.45, 2.75) is 20.4 Å². The van der Waals surface area contributed by atoms with Crippen molar-refractivity contribution in [3.8, 4) is 11.3 Å². The van der Waals surface area contributed by atoms with Gasteiger partial charge in [-0.25, -0.2) is 0 Å². The van der Waals surface area contributed by atoms with Gasteiger partial charge in [0.2, 0.25) is 0 Å². The molecule has 0 radical (unpaired) electrons. The van der Waals surface area contributed by atoms with Crippen molar-refractivity contribution in [2.75, 3.05) is 5.32 Å². The quantitative estimate of drug-likeness (QED) is 0.406. The minimum atomic E-state index is -0.485. The number of benzene rings is 3. The monoisotopic (exact) mass is 442 g/mol. The molecule has 0 unspecified atom stereocenters. The van der Waals surface area contributed by atoms with Crippen LogP contribution in [0.1, 0.15) is 27.2 Å². The predicted molar refractivity (Wildman–Crippen MR) is 131 cm³/mol. The standard InChI is InChI=1S/C27H23ClN2O2/c1-18-9-8-12-21(15-18)26-25(27(32)29-23-14-7-6-13-22(23)28)24(31)16-19(2)30(26)17-20-10-4-3-5-11-20/h3-16H,17H2,1-2H3,(H,29,32). The number of nitrogens with one attached hydrogen (secondary N) is 1. The average Bonchev–Trinajstić information content (AvgIpc) is 2.77. The molecule has 1 N–H and O–H groups in total. The first-order chi connectivity index (χ1) is 15.4. The van der Waals surface area contributed by atoms with E-state index in [4.69, 9.17) is 11.6 Å². The zero-order valence-electron chi connectivity index (χ0n) is 17.9. The normalized spacial score (nSPS) is 10.7. The molecule has 1 heterocycles. The average molecular weight is 443 g/mol. The van der Waals surface area contributed by atoms with Gasteiger partial charge in [0.1, 0.15) is 5.56 Å². The summed E-state index contributed by atoms with van der Waals surface area (Å²) in [7, 11) is 0. The van der Waals surface area contributed by atoms with E-state index in [0.717, 1.165) is 22.4 Å². The molecule has 1 amide bonds. The molecule has 0 aliphatic rings. The fraction of sp³-hybridized carbons (Fsp3) is 0.111. The first kappa shape index (κ1) is 21.6. The number of halogens is 1. The molecule has 3 aromatic carbocycles. The van der Waals surface area contributed by atoms with E-state index in [2.05, 4.69) is 5.32 Å². The zero-order valence-corrected chi connectivity index (χ0v) is 18.7. The van der Waals surface area contributed by atoms with Crippen molar-refractivity contribution in [1.29, 1.82) is 0 Å². The van der Waals surface area contributed by atoms with Crippen LogP contribution in [0.5, 0.6) is 0 Å².